The van der Waals surface area contributed by atoms with Gasteiger partial charge in [-0.05, 0) is 45.0 Å². The topological polar surface area (TPSA) is 51.7 Å². The molecular formula is C21H23ClN2O3S. The molecule has 0 aliphatic heterocycles. The summed E-state index contributed by atoms with van der Waals surface area (Å²) in [4.78, 5) is 19.4. The van der Waals surface area contributed by atoms with Crippen molar-refractivity contribution >= 4 is 39.1 Å². The first kappa shape index (κ1) is 20.4. The van der Waals surface area contributed by atoms with E-state index < -0.39 is 0 Å². The number of amides is 1. The second-order valence-corrected chi connectivity index (χ2v) is 8.24. The fourth-order valence-electron chi connectivity index (χ4n) is 2.81. The molecule has 0 bridgehead atoms. The number of aromatic nitrogens is 1. The minimum Gasteiger partial charge on any atom is -0.493 e. The van der Waals surface area contributed by atoms with E-state index in [-0.39, 0.29) is 18.1 Å². The van der Waals surface area contributed by atoms with Crippen LogP contribution >= 0.6 is 22.9 Å². The van der Waals surface area contributed by atoms with Crippen molar-refractivity contribution in [2.24, 2.45) is 0 Å². The van der Waals surface area contributed by atoms with E-state index in [1.165, 1.54) is 7.11 Å². The molecule has 0 unspecified atom stereocenters. The van der Waals surface area contributed by atoms with Crippen molar-refractivity contribution in [1.29, 1.82) is 0 Å². The van der Waals surface area contributed by atoms with E-state index in [0.29, 0.717) is 22.1 Å². The highest BCUT2D eigenvalue weighted by atomic mass is 35.5. The Morgan fingerprint density at radius 3 is 2.57 bits per heavy atom. The molecule has 0 saturated carbocycles. The van der Waals surface area contributed by atoms with Gasteiger partial charge in [-0.15, -0.1) is 11.3 Å². The molecule has 1 atom stereocenters. The molecular weight excluding hydrogens is 396 g/mol. The van der Waals surface area contributed by atoms with Gasteiger partial charge in [0.2, 0.25) is 0 Å². The van der Waals surface area contributed by atoms with Crippen molar-refractivity contribution in [2.75, 3.05) is 14.2 Å². The number of para-hydroxylation sites is 1. The average molecular weight is 419 g/mol. The monoisotopic (exact) mass is 418 g/mol. The number of hydrogen-bond acceptors (Lipinski definition) is 5. The summed E-state index contributed by atoms with van der Waals surface area (Å²) in [6, 6.07) is 11.0. The van der Waals surface area contributed by atoms with E-state index in [2.05, 4.69) is 4.98 Å². The lowest BCUT2D eigenvalue weighted by Gasteiger charge is -2.24. The number of ether oxygens (including phenoxy) is 2. The van der Waals surface area contributed by atoms with Gasteiger partial charge in [0.05, 0.1) is 34.5 Å². The summed E-state index contributed by atoms with van der Waals surface area (Å²) < 4.78 is 12.2. The molecule has 0 spiro atoms. The number of fused-ring (bicyclic) bond motifs is 1. The van der Waals surface area contributed by atoms with Crippen molar-refractivity contribution in [3.63, 3.8) is 0 Å². The molecule has 148 valence electrons. The van der Waals surface area contributed by atoms with Crippen LogP contribution < -0.4 is 9.47 Å². The maximum Gasteiger partial charge on any atom is 0.254 e. The van der Waals surface area contributed by atoms with Crippen molar-refractivity contribution in [3.8, 4) is 11.5 Å². The number of thiazole rings is 1. The van der Waals surface area contributed by atoms with Crippen LogP contribution in [0.25, 0.3) is 10.2 Å². The minimum atomic E-state index is -0.179. The van der Waals surface area contributed by atoms with Crippen LogP contribution in [0.5, 0.6) is 11.5 Å². The molecule has 1 aromatic heterocycles. The Bertz CT molecular complexity index is 969. The molecule has 0 aliphatic carbocycles. The van der Waals surface area contributed by atoms with E-state index in [1.54, 1.807) is 35.4 Å². The molecule has 0 N–H and O–H groups in total. The molecule has 3 rings (SSSR count). The summed E-state index contributed by atoms with van der Waals surface area (Å²) in [5.74, 6) is 0.714. The van der Waals surface area contributed by atoms with Gasteiger partial charge in [-0.2, -0.15) is 0 Å². The van der Waals surface area contributed by atoms with Gasteiger partial charge in [-0.3, -0.25) is 4.79 Å². The zero-order valence-corrected chi connectivity index (χ0v) is 18.1. The molecule has 0 fully saturated rings. The summed E-state index contributed by atoms with van der Waals surface area (Å²) in [6.07, 6.45) is -0.0605. The molecule has 2 aromatic carbocycles. The number of hydrogen-bond donors (Lipinski definition) is 0. The molecule has 3 aromatic rings. The van der Waals surface area contributed by atoms with Crippen molar-refractivity contribution in [2.45, 2.75) is 32.9 Å². The van der Waals surface area contributed by atoms with Crippen LogP contribution in [0.2, 0.25) is 5.02 Å². The second kappa shape index (κ2) is 8.37. The van der Waals surface area contributed by atoms with Crippen molar-refractivity contribution in [3.05, 3.63) is 52.0 Å². The van der Waals surface area contributed by atoms with Crippen LogP contribution in [0.1, 0.15) is 42.2 Å². The molecule has 0 saturated heterocycles. The highest BCUT2D eigenvalue weighted by Gasteiger charge is 2.24. The zero-order chi connectivity index (χ0) is 20.4. The number of carbonyl (C=O) groups excluding carboxylic acids is 1. The Labute approximate surface area is 173 Å². The van der Waals surface area contributed by atoms with Gasteiger partial charge in [0.25, 0.3) is 5.91 Å². The number of nitrogens with zero attached hydrogens (tertiary/aromatic N) is 2. The highest BCUT2D eigenvalue weighted by Crippen LogP contribution is 2.38. The number of methoxy groups -OCH3 is 1. The molecule has 7 heteroatoms. The van der Waals surface area contributed by atoms with E-state index in [9.17, 15) is 4.79 Å². The molecule has 28 heavy (non-hydrogen) atoms. The Balaban J connectivity index is 1.88. The maximum absolute atomic E-state index is 13.1. The Kier molecular flexibility index (Phi) is 6.10. The number of carbonyl (C=O) groups is 1. The van der Waals surface area contributed by atoms with E-state index in [4.69, 9.17) is 21.1 Å². The van der Waals surface area contributed by atoms with Gasteiger partial charge >= 0.3 is 0 Å². The predicted octanol–water partition coefficient (Wildman–Crippen LogP) is 5.58. The fourth-order valence-corrected chi connectivity index (χ4v) is 4.13. The van der Waals surface area contributed by atoms with Crippen molar-refractivity contribution in [1.82, 2.24) is 9.88 Å². The first-order chi connectivity index (χ1) is 13.3. The van der Waals surface area contributed by atoms with Crippen LogP contribution in [0.15, 0.2) is 36.4 Å². The minimum absolute atomic E-state index is 0.0605. The predicted molar refractivity (Wildman–Crippen MR) is 114 cm³/mol. The van der Waals surface area contributed by atoms with Gasteiger partial charge in [0, 0.05) is 12.6 Å². The smallest absolute Gasteiger partial charge is 0.254 e. The Morgan fingerprint density at radius 2 is 1.93 bits per heavy atom. The lowest BCUT2D eigenvalue weighted by atomic mass is 10.1. The highest BCUT2D eigenvalue weighted by molar-refractivity contribution is 7.18. The van der Waals surface area contributed by atoms with Gasteiger partial charge in [0.1, 0.15) is 5.01 Å². The van der Waals surface area contributed by atoms with Crippen molar-refractivity contribution < 1.29 is 14.3 Å². The summed E-state index contributed by atoms with van der Waals surface area (Å²) in [7, 11) is 3.29. The van der Waals surface area contributed by atoms with E-state index in [1.807, 2.05) is 45.0 Å². The van der Waals surface area contributed by atoms with Gasteiger partial charge < -0.3 is 14.4 Å². The van der Waals surface area contributed by atoms with Crippen LogP contribution in [0.4, 0.5) is 0 Å². The molecule has 0 radical (unpaired) electrons. The average Bonchev–Trinajstić information content (AvgIpc) is 3.11. The third-order valence-electron chi connectivity index (χ3n) is 4.40. The van der Waals surface area contributed by atoms with Gasteiger partial charge in [-0.25, -0.2) is 4.98 Å². The SMILES string of the molecule is COc1cc(C(=O)N(C)[C@@H](C)c2nc3ccccc3s2)cc(Cl)c1OC(C)C. The third-order valence-corrected chi connectivity index (χ3v) is 5.89. The van der Waals surface area contributed by atoms with E-state index in [0.717, 1.165) is 15.2 Å². The lowest BCUT2D eigenvalue weighted by molar-refractivity contribution is 0.0742. The molecule has 1 amide bonds. The zero-order valence-electron chi connectivity index (χ0n) is 16.5. The molecule has 0 aliphatic rings. The quantitative estimate of drug-likeness (QED) is 0.524. The lowest BCUT2D eigenvalue weighted by Crippen LogP contribution is -2.29. The summed E-state index contributed by atoms with van der Waals surface area (Å²) in [6.45, 7) is 5.77. The normalized spacial score (nSPS) is 12.2. The van der Waals surface area contributed by atoms with Gasteiger partial charge in [-0.1, -0.05) is 23.7 Å². The van der Waals surface area contributed by atoms with Crippen LogP contribution in [0.3, 0.4) is 0 Å². The van der Waals surface area contributed by atoms with Crippen LogP contribution in [-0.2, 0) is 0 Å². The largest absolute Gasteiger partial charge is 0.493 e. The Hall–Kier alpha value is -2.31. The number of halogens is 1. The van der Waals surface area contributed by atoms with Crippen LogP contribution in [0, 0.1) is 0 Å². The summed E-state index contributed by atoms with van der Waals surface area (Å²) in [5, 5.41) is 1.23. The van der Waals surface area contributed by atoms with Crippen LogP contribution in [-0.4, -0.2) is 36.1 Å². The standard InChI is InChI=1S/C21H23ClN2O3S/c1-12(2)27-19-15(22)10-14(11-17(19)26-5)21(25)24(4)13(3)20-23-16-8-6-7-9-18(16)28-20/h6-13H,1-5H3/t13-/m0/s1. The summed E-state index contributed by atoms with van der Waals surface area (Å²) in [5.41, 5.74) is 1.38. The summed E-state index contributed by atoms with van der Waals surface area (Å²) >= 11 is 7.96. The number of rotatable bonds is 6. The second-order valence-electron chi connectivity index (χ2n) is 6.77. The third kappa shape index (κ3) is 4.08. The fraction of sp³-hybridized carbons (Fsp3) is 0.333. The first-order valence-electron chi connectivity index (χ1n) is 8.98. The molecule has 1 heterocycles. The van der Waals surface area contributed by atoms with Gasteiger partial charge in [0.15, 0.2) is 11.5 Å². The number of benzene rings is 2. The maximum atomic E-state index is 13.1. The van der Waals surface area contributed by atoms with E-state index >= 15 is 0 Å². The first-order valence-corrected chi connectivity index (χ1v) is 10.2. The molecule has 5 nitrogen and oxygen atoms in total. The Morgan fingerprint density at radius 1 is 1.21 bits per heavy atom.